The molecule has 0 aromatic carbocycles. The fourth-order valence-electron chi connectivity index (χ4n) is 1.37. The molecule has 3 aromatic heterocycles. The zero-order valence-corrected chi connectivity index (χ0v) is 10.0. The van der Waals surface area contributed by atoms with E-state index in [2.05, 4.69) is 42.4 Å². The van der Waals surface area contributed by atoms with Crippen LogP contribution in [0, 0.1) is 0 Å². The molecular formula is C10H6N2S3. The molecule has 5 heteroatoms. The van der Waals surface area contributed by atoms with Gasteiger partial charge in [0.25, 0.3) is 0 Å². The second kappa shape index (κ2) is 3.84. The first-order valence-corrected chi connectivity index (χ1v) is 6.94. The molecule has 0 radical (unpaired) electrons. The first-order chi connectivity index (χ1) is 7.45. The highest BCUT2D eigenvalue weighted by Gasteiger charge is 2.12. The summed E-state index contributed by atoms with van der Waals surface area (Å²) in [4.78, 5) is 0. The van der Waals surface area contributed by atoms with Gasteiger partial charge < -0.3 is 0 Å². The van der Waals surface area contributed by atoms with E-state index in [1.807, 2.05) is 0 Å². The molecule has 0 amide bonds. The van der Waals surface area contributed by atoms with Crippen LogP contribution in [0.4, 0.5) is 0 Å². The topological polar surface area (TPSA) is 25.8 Å². The van der Waals surface area contributed by atoms with Crippen LogP contribution in [-0.4, -0.2) is 8.75 Å². The summed E-state index contributed by atoms with van der Waals surface area (Å²) in [5, 5.41) is 8.33. The maximum absolute atomic E-state index is 4.36. The Hall–Kier alpha value is -1.04. The quantitative estimate of drug-likeness (QED) is 0.687. The summed E-state index contributed by atoms with van der Waals surface area (Å²) in [6, 6.07) is 4.16. The van der Waals surface area contributed by atoms with E-state index in [-0.39, 0.29) is 0 Å². The molecule has 0 atom stereocenters. The van der Waals surface area contributed by atoms with E-state index in [4.69, 9.17) is 0 Å². The molecule has 3 heterocycles. The Morgan fingerprint density at radius 2 is 1.33 bits per heavy atom. The highest BCUT2D eigenvalue weighted by Crippen LogP contribution is 2.32. The molecular weight excluding hydrogens is 244 g/mol. The minimum absolute atomic E-state index is 1.000. The van der Waals surface area contributed by atoms with Crippen LogP contribution in [0.25, 0.3) is 22.5 Å². The van der Waals surface area contributed by atoms with Crippen LogP contribution in [0.5, 0.6) is 0 Å². The standard InChI is InChI=1S/C10H6N2S3/c1-3-13-5-7(1)9-10(12-15-11-9)8-2-4-14-6-8/h1-6H. The summed E-state index contributed by atoms with van der Waals surface area (Å²) in [5.74, 6) is 0. The van der Waals surface area contributed by atoms with Crippen molar-refractivity contribution in [3.05, 3.63) is 33.7 Å². The maximum atomic E-state index is 4.36. The van der Waals surface area contributed by atoms with Gasteiger partial charge in [-0.3, -0.25) is 0 Å². The molecule has 0 unspecified atom stereocenters. The van der Waals surface area contributed by atoms with Crippen LogP contribution in [0.3, 0.4) is 0 Å². The van der Waals surface area contributed by atoms with Crippen molar-refractivity contribution < 1.29 is 0 Å². The second-order valence-corrected chi connectivity index (χ2v) is 5.07. The predicted octanol–water partition coefficient (Wildman–Crippen LogP) is 4.00. The lowest BCUT2D eigenvalue weighted by Gasteiger charge is -1.94. The Balaban J connectivity index is 2.15. The lowest BCUT2D eigenvalue weighted by molar-refractivity contribution is 1.50. The number of hydrogen-bond donors (Lipinski definition) is 0. The van der Waals surface area contributed by atoms with Crippen LogP contribution in [0.15, 0.2) is 33.7 Å². The Labute approximate surface area is 99.2 Å². The number of rotatable bonds is 2. The van der Waals surface area contributed by atoms with Crippen molar-refractivity contribution in [3.8, 4) is 22.5 Å². The van der Waals surface area contributed by atoms with Crippen molar-refractivity contribution in [2.45, 2.75) is 0 Å². The van der Waals surface area contributed by atoms with Gasteiger partial charge in [0.15, 0.2) is 0 Å². The van der Waals surface area contributed by atoms with E-state index in [1.54, 1.807) is 22.7 Å². The molecule has 0 N–H and O–H groups in total. The van der Waals surface area contributed by atoms with Crippen molar-refractivity contribution in [2.24, 2.45) is 0 Å². The van der Waals surface area contributed by atoms with Crippen molar-refractivity contribution in [1.29, 1.82) is 0 Å². The van der Waals surface area contributed by atoms with E-state index in [0.29, 0.717) is 0 Å². The molecule has 0 spiro atoms. The van der Waals surface area contributed by atoms with Crippen molar-refractivity contribution in [1.82, 2.24) is 8.75 Å². The van der Waals surface area contributed by atoms with Crippen molar-refractivity contribution >= 4 is 34.4 Å². The summed E-state index contributed by atoms with van der Waals surface area (Å²) >= 11 is 4.64. The largest absolute Gasteiger partial charge is 0.172 e. The minimum atomic E-state index is 1.000. The second-order valence-electron chi connectivity index (χ2n) is 2.99. The Morgan fingerprint density at radius 3 is 1.73 bits per heavy atom. The lowest BCUT2D eigenvalue weighted by atomic mass is 10.1. The van der Waals surface area contributed by atoms with E-state index in [0.717, 1.165) is 22.5 Å². The van der Waals surface area contributed by atoms with Crippen molar-refractivity contribution in [2.75, 3.05) is 0 Å². The third kappa shape index (κ3) is 1.62. The molecule has 2 nitrogen and oxygen atoms in total. The van der Waals surface area contributed by atoms with Gasteiger partial charge in [0, 0.05) is 21.9 Å². The van der Waals surface area contributed by atoms with Gasteiger partial charge in [-0.1, -0.05) is 0 Å². The third-order valence-electron chi connectivity index (χ3n) is 2.08. The zero-order valence-electron chi connectivity index (χ0n) is 7.58. The zero-order chi connectivity index (χ0) is 10.1. The van der Waals surface area contributed by atoms with Gasteiger partial charge >= 0.3 is 0 Å². The fourth-order valence-corrected chi connectivity index (χ4v) is 3.23. The average Bonchev–Trinajstić information content (AvgIpc) is 3.01. The van der Waals surface area contributed by atoms with Crippen LogP contribution in [-0.2, 0) is 0 Å². The molecule has 0 aliphatic carbocycles. The number of thiophene rings is 2. The molecule has 0 aliphatic heterocycles. The molecule has 0 bridgehead atoms. The average molecular weight is 250 g/mol. The van der Waals surface area contributed by atoms with Crippen LogP contribution < -0.4 is 0 Å². The molecule has 0 aliphatic rings. The van der Waals surface area contributed by atoms with E-state index < -0.39 is 0 Å². The SMILES string of the molecule is c1cc(-c2nsnc2-c2ccsc2)cs1. The number of aromatic nitrogens is 2. The van der Waals surface area contributed by atoms with Gasteiger partial charge in [-0.2, -0.15) is 31.4 Å². The summed E-state index contributed by atoms with van der Waals surface area (Å²) < 4.78 is 8.71. The van der Waals surface area contributed by atoms with Gasteiger partial charge in [0.05, 0.1) is 11.7 Å². The molecule has 74 valence electrons. The monoisotopic (exact) mass is 250 g/mol. The van der Waals surface area contributed by atoms with Gasteiger partial charge in [0.2, 0.25) is 0 Å². The Kier molecular flexibility index (Phi) is 2.36. The third-order valence-corrected chi connectivity index (χ3v) is 3.97. The highest BCUT2D eigenvalue weighted by atomic mass is 32.1. The van der Waals surface area contributed by atoms with Gasteiger partial charge in [-0.15, -0.1) is 0 Å². The number of nitrogens with zero attached hydrogens (tertiary/aromatic N) is 2. The molecule has 0 saturated heterocycles. The molecule has 15 heavy (non-hydrogen) atoms. The first kappa shape index (κ1) is 9.21. The van der Waals surface area contributed by atoms with Crippen LogP contribution >= 0.6 is 34.4 Å². The highest BCUT2D eigenvalue weighted by molar-refractivity contribution is 7.08. The van der Waals surface area contributed by atoms with E-state index >= 15 is 0 Å². The van der Waals surface area contributed by atoms with Gasteiger partial charge in [-0.25, -0.2) is 0 Å². The Morgan fingerprint density at radius 1 is 0.800 bits per heavy atom. The normalized spacial score (nSPS) is 10.7. The van der Waals surface area contributed by atoms with Crippen LogP contribution in [0.1, 0.15) is 0 Å². The number of hydrogen-bond acceptors (Lipinski definition) is 5. The predicted molar refractivity (Wildman–Crippen MR) is 66.5 cm³/mol. The lowest BCUT2D eigenvalue weighted by Crippen LogP contribution is -1.78. The van der Waals surface area contributed by atoms with E-state index in [9.17, 15) is 0 Å². The first-order valence-electron chi connectivity index (χ1n) is 4.33. The molecule has 3 rings (SSSR count). The summed E-state index contributed by atoms with van der Waals surface area (Å²) in [5.41, 5.74) is 4.32. The Bertz CT molecular complexity index is 488. The summed E-state index contributed by atoms with van der Waals surface area (Å²) in [6.45, 7) is 0. The summed E-state index contributed by atoms with van der Waals surface area (Å²) in [7, 11) is 0. The van der Waals surface area contributed by atoms with Crippen LogP contribution in [0.2, 0.25) is 0 Å². The van der Waals surface area contributed by atoms with Gasteiger partial charge in [-0.05, 0) is 22.9 Å². The minimum Gasteiger partial charge on any atom is -0.172 e. The van der Waals surface area contributed by atoms with Crippen molar-refractivity contribution in [3.63, 3.8) is 0 Å². The van der Waals surface area contributed by atoms with E-state index in [1.165, 1.54) is 11.7 Å². The maximum Gasteiger partial charge on any atom is 0.113 e. The smallest absolute Gasteiger partial charge is 0.113 e. The fraction of sp³-hybridized carbons (Fsp3) is 0. The summed E-state index contributed by atoms with van der Waals surface area (Å²) in [6.07, 6.45) is 0. The van der Waals surface area contributed by atoms with Gasteiger partial charge in [0.1, 0.15) is 11.4 Å². The molecule has 0 fully saturated rings. The molecule has 0 saturated carbocycles. The molecule has 3 aromatic rings.